The van der Waals surface area contributed by atoms with Crippen LogP contribution in [0, 0.1) is 0 Å². The number of nitrogens with one attached hydrogen (secondary N) is 1. The zero-order chi connectivity index (χ0) is 17.7. The molecule has 2 fully saturated rings. The smallest absolute Gasteiger partial charge is 0.255 e. The largest absolute Gasteiger partial charge is 0.349 e. The van der Waals surface area contributed by atoms with Gasteiger partial charge >= 0.3 is 0 Å². The molecule has 130 valence electrons. The van der Waals surface area contributed by atoms with Gasteiger partial charge < -0.3 is 5.32 Å². The first-order valence-electron chi connectivity index (χ1n) is 8.75. The van der Waals surface area contributed by atoms with Crippen LogP contribution in [0.2, 0.25) is 0 Å². The number of amides is 1. The lowest BCUT2D eigenvalue weighted by Gasteiger charge is -2.35. The van der Waals surface area contributed by atoms with Crippen LogP contribution in [0.4, 0.5) is 0 Å². The number of rotatable bonds is 2. The van der Waals surface area contributed by atoms with Crippen LogP contribution >= 0.6 is 0 Å². The molecule has 4 heteroatoms. The fraction of sp³-hybridized carbons (Fsp3) is 0.381. The summed E-state index contributed by atoms with van der Waals surface area (Å²) >= 11 is 0. The summed E-state index contributed by atoms with van der Waals surface area (Å²) in [5.41, 5.74) is 0.696. The first kappa shape index (κ1) is 16.3. The van der Waals surface area contributed by atoms with Gasteiger partial charge in [0.1, 0.15) is 0 Å². The molecule has 2 aliphatic heterocycles. The van der Waals surface area contributed by atoms with Crippen LogP contribution in [-0.4, -0.2) is 29.2 Å². The highest BCUT2D eigenvalue weighted by Crippen LogP contribution is 2.53. The molecule has 0 bridgehead atoms. The molecule has 0 aliphatic carbocycles. The van der Waals surface area contributed by atoms with Crippen LogP contribution in [0.25, 0.3) is 0 Å². The number of nitrogens with zero attached hydrogens (tertiary/aromatic N) is 1. The maximum atomic E-state index is 12.8. The van der Waals surface area contributed by atoms with Crippen LogP contribution in [0.1, 0.15) is 37.8 Å². The standard InChI is InChI=1S/C21H24N2O2/c1-19(2)14-20(18(24)22-19)15-21(23(3)25-20,16-10-6-4-7-11-16)17-12-8-5-9-13-17/h4-13H,14-15H2,1-3H3,(H,22,24). The molecule has 2 saturated heterocycles. The molecule has 0 radical (unpaired) electrons. The molecule has 2 aromatic rings. The van der Waals surface area contributed by atoms with Crippen molar-refractivity contribution in [2.45, 2.75) is 43.4 Å². The Balaban J connectivity index is 1.87. The van der Waals surface area contributed by atoms with Gasteiger partial charge in [-0.2, -0.15) is 5.06 Å². The van der Waals surface area contributed by atoms with Gasteiger partial charge in [0, 0.05) is 25.4 Å². The molecule has 1 spiro atoms. The lowest BCUT2D eigenvalue weighted by molar-refractivity contribution is -0.201. The number of carbonyl (C=O) groups is 1. The molecule has 0 saturated carbocycles. The lowest BCUT2D eigenvalue weighted by atomic mass is 9.74. The molecule has 1 N–H and O–H groups in total. The molecule has 1 amide bonds. The van der Waals surface area contributed by atoms with E-state index in [4.69, 9.17) is 4.84 Å². The quantitative estimate of drug-likeness (QED) is 0.915. The summed E-state index contributed by atoms with van der Waals surface area (Å²) in [6, 6.07) is 20.6. The Morgan fingerprint density at radius 1 is 0.920 bits per heavy atom. The average molecular weight is 336 g/mol. The van der Waals surface area contributed by atoms with E-state index in [1.807, 2.05) is 62.4 Å². The Labute approximate surface area is 148 Å². The van der Waals surface area contributed by atoms with Gasteiger partial charge in [0.25, 0.3) is 5.91 Å². The van der Waals surface area contributed by atoms with Crippen molar-refractivity contribution in [1.82, 2.24) is 10.4 Å². The van der Waals surface area contributed by atoms with Crippen molar-refractivity contribution in [3.63, 3.8) is 0 Å². The number of benzene rings is 2. The highest BCUT2D eigenvalue weighted by molar-refractivity contribution is 5.89. The highest BCUT2D eigenvalue weighted by atomic mass is 16.7. The fourth-order valence-electron chi connectivity index (χ4n) is 4.54. The van der Waals surface area contributed by atoms with E-state index < -0.39 is 11.1 Å². The molecular formula is C21H24N2O2. The molecular weight excluding hydrogens is 312 g/mol. The number of hydroxylamine groups is 2. The van der Waals surface area contributed by atoms with Gasteiger partial charge in [0.2, 0.25) is 0 Å². The van der Waals surface area contributed by atoms with E-state index in [9.17, 15) is 4.79 Å². The topological polar surface area (TPSA) is 41.6 Å². The third kappa shape index (κ3) is 2.40. The molecule has 4 rings (SSSR count). The summed E-state index contributed by atoms with van der Waals surface area (Å²) in [5, 5.41) is 4.98. The summed E-state index contributed by atoms with van der Waals surface area (Å²) in [4.78, 5) is 19.2. The predicted octanol–water partition coefficient (Wildman–Crippen LogP) is 3.23. The normalized spacial score (nSPS) is 27.6. The number of hydrogen-bond acceptors (Lipinski definition) is 3. The van der Waals surface area contributed by atoms with Gasteiger partial charge in [0.05, 0.1) is 5.54 Å². The van der Waals surface area contributed by atoms with Gasteiger partial charge in [-0.15, -0.1) is 0 Å². The van der Waals surface area contributed by atoms with Crippen LogP contribution in [0.5, 0.6) is 0 Å². The predicted molar refractivity (Wildman–Crippen MR) is 96.7 cm³/mol. The van der Waals surface area contributed by atoms with Gasteiger partial charge in [0.15, 0.2) is 5.60 Å². The first-order chi connectivity index (χ1) is 11.9. The van der Waals surface area contributed by atoms with E-state index in [0.29, 0.717) is 12.8 Å². The Bertz CT molecular complexity index is 749. The van der Waals surface area contributed by atoms with Crippen molar-refractivity contribution in [2.24, 2.45) is 0 Å². The van der Waals surface area contributed by atoms with Crippen molar-refractivity contribution in [2.75, 3.05) is 7.05 Å². The summed E-state index contributed by atoms with van der Waals surface area (Å²) < 4.78 is 0. The van der Waals surface area contributed by atoms with Crippen molar-refractivity contribution in [3.05, 3.63) is 71.8 Å². The van der Waals surface area contributed by atoms with Gasteiger partial charge in [-0.3, -0.25) is 9.63 Å². The van der Waals surface area contributed by atoms with Crippen LogP contribution in [0.15, 0.2) is 60.7 Å². The molecule has 1 unspecified atom stereocenters. The Hall–Kier alpha value is -2.17. The van der Waals surface area contributed by atoms with Crippen molar-refractivity contribution < 1.29 is 9.63 Å². The van der Waals surface area contributed by atoms with Gasteiger partial charge in [-0.05, 0) is 25.0 Å². The minimum absolute atomic E-state index is 0.0157. The van der Waals surface area contributed by atoms with E-state index in [0.717, 1.165) is 11.1 Å². The molecule has 2 heterocycles. The maximum Gasteiger partial charge on any atom is 0.255 e. The van der Waals surface area contributed by atoms with Crippen molar-refractivity contribution in [1.29, 1.82) is 0 Å². The van der Waals surface area contributed by atoms with Gasteiger partial charge in [-0.1, -0.05) is 60.7 Å². The molecule has 2 aromatic carbocycles. The minimum Gasteiger partial charge on any atom is -0.349 e. The molecule has 0 aromatic heterocycles. The number of hydrogen-bond donors (Lipinski definition) is 1. The van der Waals surface area contributed by atoms with Crippen molar-refractivity contribution in [3.8, 4) is 0 Å². The second kappa shape index (κ2) is 5.41. The Morgan fingerprint density at radius 3 is 1.88 bits per heavy atom. The third-order valence-corrected chi connectivity index (χ3v) is 5.49. The summed E-state index contributed by atoms with van der Waals surface area (Å²) in [7, 11) is 1.94. The average Bonchev–Trinajstić information content (AvgIpc) is 3.01. The fourth-order valence-corrected chi connectivity index (χ4v) is 4.54. The zero-order valence-corrected chi connectivity index (χ0v) is 15.0. The highest BCUT2D eigenvalue weighted by Gasteiger charge is 2.63. The van der Waals surface area contributed by atoms with E-state index in [1.54, 1.807) is 0 Å². The van der Waals surface area contributed by atoms with Crippen LogP contribution in [0.3, 0.4) is 0 Å². The Kier molecular flexibility index (Phi) is 3.53. The molecule has 1 atom stereocenters. The summed E-state index contributed by atoms with van der Waals surface area (Å²) in [6.45, 7) is 4.10. The zero-order valence-electron chi connectivity index (χ0n) is 15.0. The minimum atomic E-state index is -0.829. The summed E-state index contributed by atoms with van der Waals surface area (Å²) in [6.07, 6.45) is 1.25. The summed E-state index contributed by atoms with van der Waals surface area (Å²) in [5.74, 6) is -0.0157. The second-order valence-electron chi connectivity index (χ2n) is 7.87. The van der Waals surface area contributed by atoms with E-state index in [1.165, 1.54) is 0 Å². The SMILES string of the molecule is CN1OC2(CC(C)(C)NC2=O)CC1(c1ccccc1)c1ccccc1. The molecule has 2 aliphatic rings. The van der Waals surface area contributed by atoms with Gasteiger partial charge in [-0.25, -0.2) is 0 Å². The van der Waals surface area contributed by atoms with Crippen molar-refractivity contribution >= 4 is 5.91 Å². The first-order valence-corrected chi connectivity index (χ1v) is 8.75. The van der Waals surface area contributed by atoms with E-state index >= 15 is 0 Å². The number of carbonyl (C=O) groups excluding carboxylic acids is 1. The van der Waals surface area contributed by atoms with E-state index in [2.05, 4.69) is 29.6 Å². The maximum absolute atomic E-state index is 12.8. The van der Waals surface area contributed by atoms with Crippen LogP contribution in [-0.2, 0) is 15.2 Å². The third-order valence-electron chi connectivity index (χ3n) is 5.49. The van der Waals surface area contributed by atoms with E-state index in [-0.39, 0.29) is 11.4 Å². The monoisotopic (exact) mass is 336 g/mol. The lowest BCUT2D eigenvalue weighted by Crippen LogP contribution is -2.40. The second-order valence-corrected chi connectivity index (χ2v) is 7.87. The van der Waals surface area contributed by atoms with Crippen LogP contribution < -0.4 is 5.32 Å². The Morgan fingerprint density at radius 2 is 1.44 bits per heavy atom. The molecule has 4 nitrogen and oxygen atoms in total. The molecule has 25 heavy (non-hydrogen) atoms.